The van der Waals surface area contributed by atoms with Gasteiger partial charge in [0.2, 0.25) is 5.78 Å². The number of benzene rings is 1. The molecule has 5 N–H and O–H groups in total. The molecular weight excluding hydrogens is 521 g/mol. The first-order valence-electron chi connectivity index (χ1n) is 10.7. The minimum Gasteiger partial charge on any atom is -0.390 e. The van der Waals surface area contributed by atoms with Crippen LogP contribution in [-0.4, -0.2) is 69.0 Å². The molecule has 0 bridgehead atoms. The maximum atomic E-state index is 14.0. The van der Waals surface area contributed by atoms with Gasteiger partial charge in [-0.15, -0.1) is 0 Å². The van der Waals surface area contributed by atoms with E-state index in [1.165, 1.54) is 18.5 Å². The Labute approximate surface area is 208 Å². The van der Waals surface area contributed by atoms with E-state index in [1.54, 1.807) is 0 Å². The normalized spacial score (nSPS) is 21.8. The number of nitrogens with zero attached hydrogens (tertiary/aromatic N) is 4. The topological polar surface area (TPSA) is 183 Å². The van der Waals surface area contributed by atoms with Crippen molar-refractivity contribution in [2.45, 2.75) is 31.2 Å². The van der Waals surface area contributed by atoms with Gasteiger partial charge in [-0.3, -0.25) is 13.7 Å². The van der Waals surface area contributed by atoms with Crippen molar-refractivity contribution < 1.29 is 40.8 Å². The molecule has 0 aliphatic heterocycles. The third-order valence-electron chi connectivity index (χ3n) is 5.86. The monoisotopic (exact) mass is 542 g/mol. The Morgan fingerprint density at radius 3 is 2.65 bits per heavy atom. The molecule has 0 saturated heterocycles. The fourth-order valence-corrected chi connectivity index (χ4v) is 4.35. The third-order valence-corrected chi connectivity index (χ3v) is 6.32. The molecule has 0 amide bonds. The first-order chi connectivity index (χ1) is 17.4. The van der Waals surface area contributed by atoms with Gasteiger partial charge in [-0.25, -0.2) is 28.3 Å². The Hall–Kier alpha value is -3.44. The zero-order valence-corrected chi connectivity index (χ0v) is 19.6. The minimum atomic E-state index is -4.25. The second kappa shape index (κ2) is 10.5. The van der Waals surface area contributed by atoms with Crippen LogP contribution in [0, 0.1) is 23.4 Å². The molecule has 4 atom stereocenters. The van der Waals surface area contributed by atoms with Crippen molar-refractivity contribution in [1.82, 2.24) is 19.7 Å². The molecule has 1 aliphatic carbocycles. The van der Waals surface area contributed by atoms with Crippen molar-refractivity contribution in [2.24, 2.45) is 11.1 Å². The number of aromatic nitrogens is 4. The maximum Gasteiger partial charge on any atom is 0.333 e. The molecule has 4 rings (SSSR count). The fourth-order valence-electron chi connectivity index (χ4n) is 3.99. The zero-order chi connectivity index (χ0) is 26.9. The van der Waals surface area contributed by atoms with Crippen molar-refractivity contribution in [3.05, 3.63) is 71.2 Å². The van der Waals surface area contributed by atoms with Crippen LogP contribution in [-0.2, 0) is 21.0 Å². The van der Waals surface area contributed by atoms with Gasteiger partial charge in [-0.2, -0.15) is 13.5 Å². The number of hydrogen-bond donors (Lipinski definition) is 4. The molecule has 198 valence electrons. The van der Waals surface area contributed by atoms with Gasteiger partial charge in [0.05, 0.1) is 30.9 Å². The second-order valence-corrected chi connectivity index (χ2v) is 9.56. The van der Waals surface area contributed by atoms with Crippen LogP contribution in [0.3, 0.4) is 0 Å². The SMILES string of the molecule is NS(=O)(=O)OC[C@H]1C[C@@H](Nc2ncncc2C(=O)c2ccn(Cc3c(F)ccc(F)c3F)n2)[C@H](O)[C@@H]1O. The van der Waals surface area contributed by atoms with Crippen LogP contribution in [0.1, 0.15) is 28.0 Å². The first-order valence-corrected chi connectivity index (χ1v) is 12.2. The summed E-state index contributed by atoms with van der Waals surface area (Å²) >= 11 is 0. The largest absolute Gasteiger partial charge is 0.390 e. The smallest absolute Gasteiger partial charge is 0.333 e. The van der Waals surface area contributed by atoms with E-state index in [-0.39, 0.29) is 23.5 Å². The highest BCUT2D eigenvalue weighted by Crippen LogP contribution is 2.30. The Kier molecular flexibility index (Phi) is 7.56. The molecule has 0 spiro atoms. The number of halogens is 3. The van der Waals surface area contributed by atoms with Crippen LogP contribution in [0.25, 0.3) is 0 Å². The quantitative estimate of drug-likeness (QED) is 0.214. The maximum absolute atomic E-state index is 14.0. The highest BCUT2D eigenvalue weighted by atomic mass is 32.2. The van der Waals surface area contributed by atoms with Gasteiger partial charge in [0.15, 0.2) is 11.6 Å². The number of aliphatic hydroxyl groups is 2. The number of aliphatic hydroxyl groups excluding tert-OH is 2. The van der Waals surface area contributed by atoms with Crippen molar-refractivity contribution in [2.75, 3.05) is 11.9 Å². The molecular formula is C21H21F3N6O6S. The molecule has 12 nitrogen and oxygen atoms in total. The van der Waals surface area contributed by atoms with Gasteiger partial charge >= 0.3 is 10.3 Å². The number of carbonyl (C=O) groups excluding carboxylic acids is 1. The van der Waals surface area contributed by atoms with Gasteiger partial charge in [0.1, 0.15) is 29.8 Å². The van der Waals surface area contributed by atoms with Crippen molar-refractivity contribution in [1.29, 1.82) is 0 Å². The highest BCUT2D eigenvalue weighted by molar-refractivity contribution is 7.84. The first kappa shape index (κ1) is 26.6. The van der Waals surface area contributed by atoms with E-state index in [0.29, 0.717) is 6.07 Å². The molecule has 2 heterocycles. The van der Waals surface area contributed by atoms with E-state index in [1.807, 2.05) is 0 Å². The Bertz CT molecular complexity index is 1420. The lowest BCUT2D eigenvalue weighted by molar-refractivity contribution is 0.00778. The highest BCUT2D eigenvalue weighted by Gasteiger charge is 2.42. The summed E-state index contributed by atoms with van der Waals surface area (Å²) in [4.78, 5) is 20.9. The van der Waals surface area contributed by atoms with Crippen LogP contribution >= 0.6 is 0 Å². The van der Waals surface area contributed by atoms with Crippen molar-refractivity contribution >= 4 is 21.9 Å². The standard InChI is InChI=1S/C21H21F3N6O6S/c22-13-1-2-14(23)17(24)12(13)7-30-4-3-15(29-30)19(32)11-6-26-9-27-21(11)28-16-5-10(18(31)20(16)33)8-36-37(25,34)35/h1-4,6,9-10,16,18,20,31,33H,5,7-8H2,(H2,25,34,35)(H,26,27,28)/t10-,16-,18-,20+/m1/s1. The summed E-state index contributed by atoms with van der Waals surface area (Å²) in [5.41, 5.74) is -0.773. The molecule has 0 radical (unpaired) electrons. The van der Waals surface area contributed by atoms with Crippen LogP contribution in [0.2, 0.25) is 0 Å². The Balaban J connectivity index is 1.50. The molecule has 16 heteroatoms. The molecule has 37 heavy (non-hydrogen) atoms. The lowest BCUT2D eigenvalue weighted by atomic mass is 10.1. The average Bonchev–Trinajstić information content (AvgIpc) is 3.43. The van der Waals surface area contributed by atoms with Crippen LogP contribution in [0.15, 0.2) is 36.9 Å². The number of nitrogens with one attached hydrogen (secondary N) is 1. The number of hydrogen-bond acceptors (Lipinski definition) is 10. The summed E-state index contributed by atoms with van der Waals surface area (Å²) in [6.07, 6.45) is 0.937. The second-order valence-electron chi connectivity index (χ2n) is 8.34. The lowest BCUT2D eigenvalue weighted by Gasteiger charge is -2.19. The van der Waals surface area contributed by atoms with Crippen LogP contribution < -0.4 is 10.5 Å². The van der Waals surface area contributed by atoms with E-state index in [4.69, 9.17) is 5.14 Å². The van der Waals surface area contributed by atoms with Crippen LogP contribution in [0.4, 0.5) is 19.0 Å². The van der Waals surface area contributed by atoms with Gasteiger partial charge in [-0.05, 0) is 24.6 Å². The molecule has 1 fully saturated rings. The molecule has 0 unspecified atom stereocenters. The van der Waals surface area contributed by atoms with E-state index in [0.717, 1.165) is 17.1 Å². The average molecular weight is 542 g/mol. The van der Waals surface area contributed by atoms with Gasteiger partial charge < -0.3 is 15.5 Å². The number of nitrogens with two attached hydrogens (primary N) is 1. The molecule has 2 aromatic heterocycles. The van der Waals surface area contributed by atoms with E-state index < -0.39 is 76.4 Å². The Morgan fingerprint density at radius 1 is 1.19 bits per heavy atom. The van der Waals surface area contributed by atoms with Crippen molar-refractivity contribution in [3.8, 4) is 0 Å². The van der Waals surface area contributed by atoms with E-state index >= 15 is 0 Å². The minimum absolute atomic E-state index is 0.0129. The number of anilines is 1. The molecule has 1 aromatic carbocycles. The summed E-state index contributed by atoms with van der Waals surface area (Å²) in [7, 11) is -4.25. The summed E-state index contributed by atoms with van der Waals surface area (Å²) in [6, 6.07) is 1.87. The summed E-state index contributed by atoms with van der Waals surface area (Å²) in [5.74, 6) is -5.04. The fraction of sp³-hybridized carbons (Fsp3) is 0.333. The van der Waals surface area contributed by atoms with E-state index in [2.05, 4.69) is 24.6 Å². The van der Waals surface area contributed by atoms with Crippen molar-refractivity contribution in [3.63, 3.8) is 0 Å². The van der Waals surface area contributed by atoms with Crippen LogP contribution in [0.5, 0.6) is 0 Å². The van der Waals surface area contributed by atoms with Gasteiger partial charge in [-0.1, -0.05) is 0 Å². The van der Waals surface area contributed by atoms with Gasteiger partial charge in [0, 0.05) is 23.9 Å². The summed E-state index contributed by atoms with van der Waals surface area (Å²) in [6.45, 7) is -0.942. The summed E-state index contributed by atoms with van der Waals surface area (Å²) in [5, 5.41) is 32.3. The molecule has 1 saturated carbocycles. The Morgan fingerprint density at radius 2 is 1.92 bits per heavy atom. The molecule has 3 aromatic rings. The van der Waals surface area contributed by atoms with E-state index in [9.17, 15) is 36.6 Å². The third kappa shape index (κ3) is 5.94. The zero-order valence-electron chi connectivity index (χ0n) is 18.8. The number of ketones is 1. The predicted molar refractivity (Wildman–Crippen MR) is 120 cm³/mol. The lowest BCUT2D eigenvalue weighted by Crippen LogP contribution is -2.36. The summed E-state index contributed by atoms with van der Waals surface area (Å²) < 4.78 is 69.1. The molecule has 1 aliphatic rings. The predicted octanol–water partition coefficient (Wildman–Crippen LogP) is 0.112. The number of carbonyl (C=O) groups is 1. The van der Waals surface area contributed by atoms with Gasteiger partial charge in [0.25, 0.3) is 0 Å². The number of rotatable bonds is 9.